The van der Waals surface area contributed by atoms with Crippen molar-refractivity contribution in [2.45, 2.75) is 18.9 Å². The molecule has 8 nitrogen and oxygen atoms in total. The van der Waals surface area contributed by atoms with E-state index >= 15 is 0 Å². The van der Waals surface area contributed by atoms with Crippen molar-refractivity contribution >= 4 is 17.3 Å². The maximum atomic E-state index is 12.3. The molecule has 1 amide bonds. The molecule has 1 N–H and O–H groups in total. The molecule has 4 heterocycles. The van der Waals surface area contributed by atoms with E-state index in [0.717, 1.165) is 23.4 Å². The first-order chi connectivity index (χ1) is 13.3. The third-order valence-electron chi connectivity index (χ3n) is 4.43. The van der Waals surface area contributed by atoms with Crippen LogP contribution in [0.1, 0.15) is 23.7 Å². The zero-order chi connectivity index (χ0) is 18.5. The van der Waals surface area contributed by atoms with E-state index in [2.05, 4.69) is 25.3 Å². The van der Waals surface area contributed by atoms with E-state index in [1.807, 2.05) is 24.4 Å². The van der Waals surface area contributed by atoms with Crippen LogP contribution >= 0.6 is 0 Å². The highest BCUT2D eigenvalue weighted by molar-refractivity contribution is 6.04. The van der Waals surface area contributed by atoms with Crippen molar-refractivity contribution < 1.29 is 9.53 Å². The molecule has 0 spiro atoms. The fraction of sp³-hybridized carbons (Fsp3) is 0.316. The zero-order valence-electron chi connectivity index (χ0n) is 14.8. The number of amides is 1. The number of aromatic nitrogens is 4. The molecule has 0 bridgehead atoms. The van der Waals surface area contributed by atoms with E-state index in [1.165, 1.54) is 0 Å². The summed E-state index contributed by atoms with van der Waals surface area (Å²) in [6.45, 7) is 2.05. The predicted molar refractivity (Wildman–Crippen MR) is 100.0 cm³/mol. The van der Waals surface area contributed by atoms with Gasteiger partial charge in [0.05, 0.1) is 37.5 Å². The molecule has 4 rings (SSSR count). The average Bonchev–Trinajstić information content (AvgIpc) is 3.18. The fourth-order valence-corrected chi connectivity index (χ4v) is 3.01. The van der Waals surface area contributed by atoms with Gasteiger partial charge in [-0.05, 0) is 18.1 Å². The van der Waals surface area contributed by atoms with Crippen LogP contribution in [0.15, 0.2) is 54.3 Å². The molecule has 138 valence electrons. The summed E-state index contributed by atoms with van der Waals surface area (Å²) in [5, 5.41) is 2.83. The minimum atomic E-state index is -0.138. The minimum absolute atomic E-state index is 0.0864. The highest BCUT2D eigenvalue weighted by atomic mass is 16.5. The Balaban J connectivity index is 1.31. The summed E-state index contributed by atoms with van der Waals surface area (Å²) >= 11 is 0. The number of imidazole rings is 1. The lowest BCUT2D eigenvalue weighted by Crippen LogP contribution is -2.33. The smallest absolute Gasteiger partial charge is 0.245 e. The largest absolute Gasteiger partial charge is 0.377 e. The highest BCUT2D eigenvalue weighted by Crippen LogP contribution is 2.19. The first-order valence-electron chi connectivity index (χ1n) is 8.85. The summed E-state index contributed by atoms with van der Waals surface area (Å²) in [4.78, 5) is 29.5. The number of rotatable bonds is 4. The first kappa shape index (κ1) is 17.3. The Hall–Kier alpha value is -3.13. The lowest BCUT2D eigenvalue weighted by atomic mass is 10.0. The van der Waals surface area contributed by atoms with Crippen LogP contribution in [-0.4, -0.2) is 51.0 Å². The van der Waals surface area contributed by atoms with E-state index in [4.69, 9.17) is 4.74 Å². The van der Waals surface area contributed by atoms with E-state index < -0.39 is 0 Å². The molecule has 2 aromatic heterocycles. The molecule has 0 aromatic carbocycles. The maximum Gasteiger partial charge on any atom is 0.245 e. The number of carbonyl (C=O) groups excluding carboxylic acids is 1. The van der Waals surface area contributed by atoms with Gasteiger partial charge < -0.3 is 14.6 Å². The molecule has 27 heavy (non-hydrogen) atoms. The SMILES string of the molecule is O=C(Cn1cnc(C2=CCOCC2)c1)NC1=NCC(c2cnccn2)C=C1. The second-order valence-corrected chi connectivity index (χ2v) is 6.36. The number of dihydropyridines is 1. The number of nitrogens with zero attached hydrogens (tertiary/aromatic N) is 5. The zero-order valence-corrected chi connectivity index (χ0v) is 14.8. The van der Waals surface area contributed by atoms with Crippen LogP contribution in [0, 0.1) is 0 Å². The molecule has 0 aliphatic carbocycles. The van der Waals surface area contributed by atoms with Crippen molar-refractivity contribution in [2.75, 3.05) is 19.8 Å². The van der Waals surface area contributed by atoms with Crippen molar-refractivity contribution in [3.05, 3.63) is 60.7 Å². The van der Waals surface area contributed by atoms with Crippen LogP contribution in [0.2, 0.25) is 0 Å². The van der Waals surface area contributed by atoms with Gasteiger partial charge in [-0.1, -0.05) is 12.2 Å². The van der Waals surface area contributed by atoms with E-state index in [0.29, 0.717) is 25.6 Å². The molecule has 2 aromatic rings. The maximum absolute atomic E-state index is 12.3. The number of nitrogens with one attached hydrogen (secondary N) is 1. The van der Waals surface area contributed by atoms with Crippen molar-refractivity contribution in [1.29, 1.82) is 0 Å². The Morgan fingerprint density at radius 3 is 3.04 bits per heavy atom. The van der Waals surface area contributed by atoms with E-state index in [-0.39, 0.29) is 18.4 Å². The van der Waals surface area contributed by atoms with Gasteiger partial charge in [0, 0.05) is 30.7 Å². The van der Waals surface area contributed by atoms with Crippen molar-refractivity contribution in [3.8, 4) is 0 Å². The Morgan fingerprint density at radius 1 is 1.33 bits per heavy atom. The van der Waals surface area contributed by atoms with Gasteiger partial charge in [0.2, 0.25) is 5.91 Å². The molecular formula is C19H20N6O2. The lowest BCUT2D eigenvalue weighted by Gasteiger charge is -2.15. The van der Waals surface area contributed by atoms with Gasteiger partial charge in [-0.25, -0.2) is 4.98 Å². The van der Waals surface area contributed by atoms with Crippen LogP contribution < -0.4 is 5.32 Å². The minimum Gasteiger partial charge on any atom is -0.377 e. The molecule has 0 saturated heterocycles. The second kappa shape index (κ2) is 8.05. The first-order valence-corrected chi connectivity index (χ1v) is 8.85. The monoisotopic (exact) mass is 364 g/mol. The molecular weight excluding hydrogens is 344 g/mol. The molecule has 0 radical (unpaired) electrons. The molecule has 1 unspecified atom stereocenters. The number of carbonyl (C=O) groups is 1. The third kappa shape index (κ3) is 4.35. The normalized spacial score (nSPS) is 19.3. The second-order valence-electron chi connectivity index (χ2n) is 6.36. The van der Waals surface area contributed by atoms with Crippen LogP contribution in [0.4, 0.5) is 0 Å². The molecule has 8 heteroatoms. The van der Waals surface area contributed by atoms with Crippen LogP contribution in [0.3, 0.4) is 0 Å². The summed E-state index contributed by atoms with van der Waals surface area (Å²) in [5.41, 5.74) is 2.93. The molecule has 2 aliphatic rings. The number of amidine groups is 1. The third-order valence-corrected chi connectivity index (χ3v) is 4.43. The standard InChI is InChI=1S/C19H20N6O2/c26-19(12-25-11-17(23-13-25)14-3-7-27-8-4-14)24-18-2-1-15(9-22-18)16-10-20-5-6-21-16/h1-3,5-6,10-11,13,15H,4,7-9,12H2,(H,22,24,26). The van der Waals surface area contributed by atoms with Gasteiger partial charge in [0.15, 0.2) is 0 Å². The Morgan fingerprint density at radius 2 is 2.30 bits per heavy atom. The van der Waals surface area contributed by atoms with Gasteiger partial charge in [-0.3, -0.25) is 19.8 Å². The van der Waals surface area contributed by atoms with Crippen molar-refractivity contribution in [1.82, 2.24) is 24.8 Å². The van der Waals surface area contributed by atoms with Gasteiger partial charge >= 0.3 is 0 Å². The van der Waals surface area contributed by atoms with Crippen molar-refractivity contribution in [2.24, 2.45) is 4.99 Å². The highest BCUT2D eigenvalue weighted by Gasteiger charge is 2.15. The number of aliphatic imine (C=N–C) groups is 1. The summed E-state index contributed by atoms with van der Waals surface area (Å²) in [5.74, 6) is 0.511. The Kier molecular flexibility index (Phi) is 5.15. The predicted octanol–water partition coefficient (Wildman–Crippen LogP) is 1.35. The lowest BCUT2D eigenvalue weighted by molar-refractivity contribution is -0.120. The number of ether oxygens (including phenoxy) is 1. The molecule has 0 fully saturated rings. The van der Waals surface area contributed by atoms with Gasteiger partial charge in [-0.15, -0.1) is 0 Å². The Bertz CT molecular complexity index is 900. The topological polar surface area (TPSA) is 94.3 Å². The summed E-state index contributed by atoms with van der Waals surface area (Å²) < 4.78 is 7.09. The summed E-state index contributed by atoms with van der Waals surface area (Å²) in [6.07, 6.45) is 15.3. The van der Waals surface area contributed by atoms with Gasteiger partial charge in [-0.2, -0.15) is 0 Å². The quantitative estimate of drug-likeness (QED) is 0.884. The Labute approximate surface area is 156 Å². The summed E-state index contributed by atoms with van der Waals surface area (Å²) in [7, 11) is 0. The van der Waals surface area contributed by atoms with Crippen LogP contribution in [0.5, 0.6) is 0 Å². The van der Waals surface area contributed by atoms with Crippen LogP contribution in [0.25, 0.3) is 5.57 Å². The van der Waals surface area contributed by atoms with Gasteiger partial charge in [0.25, 0.3) is 0 Å². The van der Waals surface area contributed by atoms with Crippen LogP contribution in [-0.2, 0) is 16.1 Å². The number of hydrogen-bond acceptors (Lipinski definition) is 6. The molecule has 2 aliphatic heterocycles. The van der Waals surface area contributed by atoms with E-state index in [1.54, 1.807) is 29.5 Å². The molecule has 1 atom stereocenters. The molecule has 0 saturated carbocycles. The summed E-state index contributed by atoms with van der Waals surface area (Å²) in [6, 6.07) is 0. The fourth-order valence-electron chi connectivity index (χ4n) is 3.01. The van der Waals surface area contributed by atoms with Gasteiger partial charge in [0.1, 0.15) is 12.4 Å². The average molecular weight is 364 g/mol. The van der Waals surface area contributed by atoms with Crippen molar-refractivity contribution in [3.63, 3.8) is 0 Å². The van der Waals surface area contributed by atoms with E-state index in [9.17, 15) is 4.79 Å². The number of hydrogen-bond donors (Lipinski definition) is 1.